The molecule has 0 N–H and O–H groups in total. The predicted molar refractivity (Wildman–Crippen MR) is 171 cm³/mol. The van der Waals surface area contributed by atoms with E-state index in [2.05, 4.69) is 93.6 Å². The second-order valence-electron chi connectivity index (χ2n) is 10.2. The zero-order valence-electron chi connectivity index (χ0n) is 24.8. The van der Waals surface area contributed by atoms with E-state index in [1.54, 1.807) is 0 Å². The summed E-state index contributed by atoms with van der Waals surface area (Å²) in [4.78, 5) is 10.1. The number of aliphatic imine (C=N–C) groups is 2. The average Bonchev–Trinajstić information content (AvgIpc) is 2.94. The van der Waals surface area contributed by atoms with Crippen LogP contribution in [0.2, 0.25) is 0 Å². The maximum atomic E-state index is 5.12. The number of benzene rings is 2. The van der Waals surface area contributed by atoms with Crippen LogP contribution in [-0.4, -0.2) is 11.9 Å². The standard InChI is InChI=1S/C36H52N2.Pd/c1-4-7-10-12-14-16-18-24-32-26-20-22-29-35(32)37-31-34(28-9-6-3)38-36-30-23-21-27-33(36)25-19-17-15-13-11-8-5-2;/h14-17,20-23,26-27,29-31H,4-13,18-19,24-25,28H2,1-3H3;. The molecule has 0 radical (unpaired) electrons. The third-order valence-corrected chi connectivity index (χ3v) is 6.83. The molecule has 0 saturated heterocycles. The molecule has 0 spiro atoms. The monoisotopic (exact) mass is 618 g/mol. The summed E-state index contributed by atoms with van der Waals surface area (Å²) in [5.41, 5.74) is 5.85. The van der Waals surface area contributed by atoms with Crippen LogP contribution in [0, 0.1) is 0 Å². The molecule has 2 aromatic rings. The van der Waals surface area contributed by atoms with Crippen molar-refractivity contribution in [2.24, 2.45) is 9.98 Å². The first-order chi connectivity index (χ1) is 18.8. The molecular formula is C36H52N2Pd. The van der Waals surface area contributed by atoms with Crippen LogP contribution >= 0.6 is 0 Å². The molecule has 216 valence electrons. The van der Waals surface area contributed by atoms with E-state index in [0.717, 1.165) is 62.0 Å². The van der Waals surface area contributed by atoms with Crippen molar-refractivity contribution in [1.29, 1.82) is 0 Å². The molecule has 3 heteroatoms. The Bertz CT molecular complexity index is 1000. The quantitative estimate of drug-likeness (QED) is 0.0610. The summed E-state index contributed by atoms with van der Waals surface area (Å²) in [7, 11) is 0. The molecule has 0 heterocycles. The second kappa shape index (κ2) is 23.8. The Morgan fingerprint density at radius 3 is 1.64 bits per heavy atom. The summed E-state index contributed by atoms with van der Waals surface area (Å²) in [5, 5.41) is 0. The van der Waals surface area contributed by atoms with Crippen LogP contribution in [-0.2, 0) is 33.3 Å². The van der Waals surface area contributed by atoms with Crippen LogP contribution in [0.3, 0.4) is 0 Å². The van der Waals surface area contributed by atoms with E-state index < -0.39 is 0 Å². The van der Waals surface area contributed by atoms with Gasteiger partial charge in [-0.2, -0.15) is 0 Å². The number of rotatable bonds is 20. The van der Waals surface area contributed by atoms with Gasteiger partial charge in [-0.05, 0) is 87.5 Å². The molecule has 2 nitrogen and oxygen atoms in total. The van der Waals surface area contributed by atoms with Crippen LogP contribution in [0.4, 0.5) is 11.4 Å². The number of para-hydroxylation sites is 2. The zero-order chi connectivity index (χ0) is 27.1. The van der Waals surface area contributed by atoms with Crippen molar-refractivity contribution in [3.05, 3.63) is 84.0 Å². The molecule has 0 unspecified atom stereocenters. The summed E-state index contributed by atoms with van der Waals surface area (Å²) in [6, 6.07) is 17.2. The summed E-state index contributed by atoms with van der Waals surface area (Å²) in [6.45, 7) is 6.75. The molecule has 0 atom stereocenters. The predicted octanol–water partition coefficient (Wildman–Crippen LogP) is 11.5. The number of aryl methyl sites for hydroxylation is 2. The first-order valence-corrected chi connectivity index (χ1v) is 15.4. The Kier molecular flexibility index (Phi) is 21.3. The Morgan fingerprint density at radius 2 is 1.08 bits per heavy atom. The maximum absolute atomic E-state index is 5.12. The van der Waals surface area contributed by atoms with Gasteiger partial charge in [-0.3, -0.25) is 9.98 Å². The van der Waals surface area contributed by atoms with Gasteiger partial charge in [0.05, 0.1) is 17.1 Å². The van der Waals surface area contributed by atoms with Crippen LogP contribution in [0.25, 0.3) is 0 Å². The summed E-state index contributed by atoms with van der Waals surface area (Å²) in [6.07, 6.45) is 29.0. The van der Waals surface area contributed by atoms with Gasteiger partial charge in [-0.25, -0.2) is 0 Å². The molecule has 0 aromatic heterocycles. The van der Waals surface area contributed by atoms with Crippen LogP contribution in [0.15, 0.2) is 82.8 Å². The molecule has 0 fully saturated rings. The van der Waals surface area contributed by atoms with E-state index in [4.69, 9.17) is 9.98 Å². The third kappa shape index (κ3) is 15.9. The Morgan fingerprint density at radius 1 is 0.590 bits per heavy atom. The molecular weight excluding hydrogens is 567 g/mol. The van der Waals surface area contributed by atoms with Crippen molar-refractivity contribution < 1.29 is 20.4 Å². The van der Waals surface area contributed by atoms with E-state index in [0.29, 0.717) is 0 Å². The molecule has 2 rings (SSSR count). The van der Waals surface area contributed by atoms with E-state index in [9.17, 15) is 0 Å². The largest absolute Gasteiger partial charge is 0.255 e. The van der Waals surface area contributed by atoms with E-state index in [-0.39, 0.29) is 20.4 Å². The third-order valence-electron chi connectivity index (χ3n) is 6.83. The fourth-order valence-electron chi connectivity index (χ4n) is 4.46. The van der Waals surface area contributed by atoms with Gasteiger partial charge >= 0.3 is 0 Å². The van der Waals surface area contributed by atoms with Crippen molar-refractivity contribution in [2.45, 2.75) is 117 Å². The van der Waals surface area contributed by atoms with Crippen LogP contribution in [0.1, 0.15) is 115 Å². The summed E-state index contributed by atoms with van der Waals surface area (Å²) < 4.78 is 0. The van der Waals surface area contributed by atoms with Crippen LogP contribution in [0.5, 0.6) is 0 Å². The SMILES string of the molecule is CCCCCC=CCCc1ccccc1N=CC(CCCC)=Nc1ccccc1CCC=CCCCCC.[Pd]. The second-order valence-corrected chi connectivity index (χ2v) is 10.2. The number of unbranched alkanes of at least 4 members (excludes halogenated alkanes) is 7. The van der Waals surface area contributed by atoms with Gasteiger partial charge in [0.1, 0.15) is 0 Å². The summed E-state index contributed by atoms with van der Waals surface area (Å²) >= 11 is 0. The molecule has 0 aliphatic carbocycles. The van der Waals surface area contributed by atoms with Gasteiger partial charge in [-0.1, -0.05) is 114 Å². The fraction of sp³-hybridized carbons (Fsp3) is 0.500. The molecule has 0 amide bonds. The number of hydrogen-bond acceptors (Lipinski definition) is 2. The van der Waals surface area contributed by atoms with Gasteiger partial charge in [0.2, 0.25) is 0 Å². The van der Waals surface area contributed by atoms with Crippen molar-refractivity contribution in [1.82, 2.24) is 0 Å². The van der Waals surface area contributed by atoms with Crippen molar-refractivity contribution in [3.8, 4) is 0 Å². The van der Waals surface area contributed by atoms with Crippen molar-refractivity contribution in [2.75, 3.05) is 0 Å². The molecule has 0 aliphatic heterocycles. The Hall–Kier alpha value is -2.08. The van der Waals surface area contributed by atoms with Gasteiger partial charge in [-0.15, -0.1) is 0 Å². The number of allylic oxidation sites excluding steroid dienone is 4. The van der Waals surface area contributed by atoms with Gasteiger partial charge < -0.3 is 0 Å². The minimum absolute atomic E-state index is 0. The van der Waals surface area contributed by atoms with Crippen molar-refractivity contribution >= 4 is 23.3 Å². The van der Waals surface area contributed by atoms with E-state index in [1.807, 2.05) is 6.21 Å². The van der Waals surface area contributed by atoms with E-state index in [1.165, 1.54) is 62.5 Å². The smallest absolute Gasteiger partial charge is 0.0665 e. The Labute approximate surface area is 253 Å². The molecule has 0 saturated carbocycles. The topological polar surface area (TPSA) is 24.7 Å². The molecule has 39 heavy (non-hydrogen) atoms. The van der Waals surface area contributed by atoms with Gasteiger partial charge in [0.25, 0.3) is 0 Å². The summed E-state index contributed by atoms with van der Waals surface area (Å²) in [5.74, 6) is 0. The van der Waals surface area contributed by atoms with E-state index >= 15 is 0 Å². The van der Waals surface area contributed by atoms with Gasteiger partial charge in [0, 0.05) is 26.6 Å². The average molecular weight is 619 g/mol. The minimum Gasteiger partial charge on any atom is -0.255 e. The first-order valence-electron chi connectivity index (χ1n) is 15.4. The number of nitrogens with zero attached hydrogens (tertiary/aromatic N) is 2. The minimum atomic E-state index is 0. The maximum Gasteiger partial charge on any atom is 0.0665 e. The molecule has 2 aromatic carbocycles. The fourth-order valence-corrected chi connectivity index (χ4v) is 4.46. The zero-order valence-corrected chi connectivity index (χ0v) is 26.4. The van der Waals surface area contributed by atoms with Crippen molar-refractivity contribution in [3.63, 3.8) is 0 Å². The number of hydrogen-bond donors (Lipinski definition) is 0. The molecule has 0 bridgehead atoms. The molecule has 0 aliphatic rings. The normalized spacial score (nSPS) is 12.1. The van der Waals surface area contributed by atoms with Crippen LogP contribution < -0.4 is 0 Å². The van der Waals surface area contributed by atoms with Gasteiger partial charge in [0.15, 0.2) is 0 Å². The first kappa shape index (κ1) is 34.9. The Balaban J connectivity index is 0.00000760.